The summed E-state index contributed by atoms with van der Waals surface area (Å²) in [7, 11) is 0. The van der Waals surface area contributed by atoms with Gasteiger partial charge in [-0.15, -0.1) is 11.3 Å². The molecule has 19 heavy (non-hydrogen) atoms. The number of thiazole rings is 1. The van der Waals surface area contributed by atoms with Crippen LogP contribution in [0.4, 0.5) is 0 Å². The molecule has 4 heteroatoms. The highest BCUT2D eigenvalue weighted by Crippen LogP contribution is 2.37. The maximum atomic E-state index is 6.30. The largest absolute Gasteiger partial charge is 0.372 e. The van der Waals surface area contributed by atoms with Crippen LogP contribution in [-0.2, 0) is 11.3 Å². The third-order valence-corrected chi connectivity index (χ3v) is 4.90. The van der Waals surface area contributed by atoms with E-state index in [1.54, 1.807) is 11.3 Å². The number of morpholine rings is 1. The van der Waals surface area contributed by atoms with E-state index < -0.39 is 0 Å². The van der Waals surface area contributed by atoms with Gasteiger partial charge in [-0.2, -0.15) is 0 Å². The van der Waals surface area contributed by atoms with Crippen LogP contribution in [0.3, 0.4) is 0 Å². The SMILES string of the molecule is CCCC[C@@H]1CN(Cc2nccs2)C[C@H](C2CC2)O1. The first kappa shape index (κ1) is 13.5. The van der Waals surface area contributed by atoms with Crippen molar-refractivity contribution < 1.29 is 4.74 Å². The van der Waals surface area contributed by atoms with Gasteiger partial charge in [-0.25, -0.2) is 4.98 Å². The van der Waals surface area contributed by atoms with Gasteiger partial charge in [0.2, 0.25) is 0 Å². The van der Waals surface area contributed by atoms with E-state index in [1.165, 1.54) is 37.1 Å². The number of hydrogen-bond acceptors (Lipinski definition) is 4. The van der Waals surface area contributed by atoms with Crippen molar-refractivity contribution in [3.63, 3.8) is 0 Å². The zero-order valence-corrected chi connectivity index (χ0v) is 12.6. The van der Waals surface area contributed by atoms with Crippen LogP contribution in [0.1, 0.15) is 44.0 Å². The molecular weight excluding hydrogens is 256 g/mol. The van der Waals surface area contributed by atoms with Gasteiger partial charge in [-0.1, -0.05) is 19.8 Å². The first-order valence-corrected chi connectivity index (χ1v) is 8.49. The van der Waals surface area contributed by atoms with Gasteiger partial charge in [-0.3, -0.25) is 4.90 Å². The molecule has 106 valence electrons. The summed E-state index contributed by atoms with van der Waals surface area (Å²) >= 11 is 1.77. The first-order chi connectivity index (χ1) is 9.35. The molecule has 0 spiro atoms. The minimum atomic E-state index is 0.444. The second-order valence-electron chi connectivity index (χ2n) is 5.90. The zero-order chi connectivity index (χ0) is 13.1. The summed E-state index contributed by atoms with van der Waals surface area (Å²) in [5, 5.41) is 3.31. The molecule has 2 fully saturated rings. The highest BCUT2D eigenvalue weighted by molar-refractivity contribution is 7.09. The molecule has 0 aromatic carbocycles. The van der Waals surface area contributed by atoms with E-state index in [4.69, 9.17) is 4.74 Å². The number of nitrogens with zero attached hydrogens (tertiary/aromatic N) is 2. The van der Waals surface area contributed by atoms with Crippen molar-refractivity contribution in [2.24, 2.45) is 5.92 Å². The monoisotopic (exact) mass is 280 g/mol. The van der Waals surface area contributed by atoms with Crippen LogP contribution in [-0.4, -0.2) is 35.2 Å². The second-order valence-corrected chi connectivity index (χ2v) is 6.88. The van der Waals surface area contributed by atoms with E-state index >= 15 is 0 Å². The summed E-state index contributed by atoms with van der Waals surface area (Å²) < 4.78 is 6.30. The maximum absolute atomic E-state index is 6.30. The Kier molecular flexibility index (Phi) is 4.51. The minimum absolute atomic E-state index is 0.444. The van der Waals surface area contributed by atoms with Crippen molar-refractivity contribution in [1.29, 1.82) is 0 Å². The lowest BCUT2D eigenvalue weighted by Crippen LogP contribution is -2.48. The Bertz CT molecular complexity index is 378. The van der Waals surface area contributed by atoms with Crippen molar-refractivity contribution in [1.82, 2.24) is 9.88 Å². The number of ether oxygens (including phenoxy) is 1. The Balaban J connectivity index is 1.58. The minimum Gasteiger partial charge on any atom is -0.372 e. The average Bonchev–Trinajstić information content (AvgIpc) is 3.16. The second kappa shape index (κ2) is 6.33. The predicted octanol–water partition coefficient (Wildman–Crippen LogP) is 3.31. The van der Waals surface area contributed by atoms with Crippen LogP contribution in [0.25, 0.3) is 0 Å². The Morgan fingerprint density at radius 1 is 1.42 bits per heavy atom. The van der Waals surface area contributed by atoms with Gasteiger partial charge < -0.3 is 4.74 Å². The molecule has 2 atom stereocenters. The molecule has 1 aromatic heterocycles. The molecule has 3 nitrogen and oxygen atoms in total. The van der Waals surface area contributed by atoms with Gasteiger partial charge in [0, 0.05) is 24.7 Å². The van der Waals surface area contributed by atoms with Crippen LogP contribution >= 0.6 is 11.3 Å². The highest BCUT2D eigenvalue weighted by Gasteiger charge is 2.38. The van der Waals surface area contributed by atoms with Gasteiger partial charge in [0.15, 0.2) is 0 Å². The third kappa shape index (κ3) is 3.77. The molecule has 1 aliphatic heterocycles. The zero-order valence-electron chi connectivity index (χ0n) is 11.8. The molecule has 3 rings (SSSR count). The smallest absolute Gasteiger partial charge is 0.107 e. The Morgan fingerprint density at radius 2 is 2.32 bits per heavy atom. The maximum Gasteiger partial charge on any atom is 0.107 e. The first-order valence-electron chi connectivity index (χ1n) is 7.61. The van der Waals surface area contributed by atoms with Crippen LogP contribution < -0.4 is 0 Å². The molecule has 1 aliphatic carbocycles. The van der Waals surface area contributed by atoms with Crippen LogP contribution in [0.15, 0.2) is 11.6 Å². The Hall–Kier alpha value is -0.450. The van der Waals surface area contributed by atoms with E-state index in [-0.39, 0.29) is 0 Å². The van der Waals surface area contributed by atoms with Gasteiger partial charge in [-0.05, 0) is 25.2 Å². The molecule has 0 amide bonds. The summed E-state index contributed by atoms with van der Waals surface area (Å²) in [6, 6.07) is 0. The number of hydrogen-bond donors (Lipinski definition) is 0. The average molecular weight is 280 g/mol. The third-order valence-electron chi connectivity index (χ3n) is 4.14. The van der Waals surface area contributed by atoms with E-state index in [9.17, 15) is 0 Å². The van der Waals surface area contributed by atoms with E-state index in [0.29, 0.717) is 12.2 Å². The molecule has 1 saturated carbocycles. The van der Waals surface area contributed by atoms with Crippen LogP contribution in [0, 0.1) is 5.92 Å². The van der Waals surface area contributed by atoms with Crippen molar-refractivity contribution in [3.05, 3.63) is 16.6 Å². The summed E-state index contributed by atoms with van der Waals surface area (Å²) in [5.41, 5.74) is 0. The van der Waals surface area contributed by atoms with Gasteiger partial charge >= 0.3 is 0 Å². The number of unbranched alkanes of at least 4 members (excludes halogenated alkanes) is 1. The van der Waals surface area contributed by atoms with Gasteiger partial charge in [0.1, 0.15) is 5.01 Å². The number of aromatic nitrogens is 1. The van der Waals surface area contributed by atoms with Gasteiger partial charge in [0.05, 0.1) is 18.8 Å². The van der Waals surface area contributed by atoms with Crippen LogP contribution in [0.5, 0.6) is 0 Å². The quantitative estimate of drug-likeness (QED) is 0.799. The molecule has 0 radical (unpaired) electrons. The number of rotatable bonds is 6. The van der Waals surface area contributed by atoms with Gasteiger partial charge in [0.25, 0.3) is 0 Å². The lowest BCUT2D eigenvalue weighted by molar-refractivity contribution is -0.0993. The summed E-state index contributed by atoms with van der Waals surface area (Å²) in [6.07, 6.45) is 9.34. The molecule has 0 unspecified atom stereocenters. The van der Waals surface area contributed by atoms with E-state index in [0.717, 1.165) is 25.6 Å². The fourth-order valence-corrected chi connectivity index (χ4v) is 3.58. The molecule has 2 aliphatic rings. The standard InChI is InChI=1S/C15H24N2OS/c1-2-3-4-13-9-17(11-15-16-7-8-19-15)10-14(18-13)12-5-6-12/h7-8,12-14H,2-6,9-11H2,1H3/t13-,14-/m1/s1. The molecule has 2 heterocycles. The normalized spacial score (nSPS) is 28.7. The fourth-order valence-electron chi connectivity index (χ4n) is 2.92. The highest BCUT2D eigenvalue weighted by atomic mass is 32.1. The summed E-state index contributed by atoms with van der Waals surface area (Å²) in [6.45, 7) is 5.46. The van der Waals surface area contributed by atoms with Crippen molar-refractivity contribution in [3.8, 4) is 0 Å². The lowest BCUT2D eigenvalue weighted by Gasteiger charge is -2.38. The van der Waals surface area contributed by atoms with E-state index in [1.807, 2.05) is 6.20 Å². The summed E-state index contributed by atoms with van der Waals surface area (Å²) in [4.78, 5) is 6.98. The van der Waals surface area contributed by atoms with Crippen molar-refractivity contribution in [2.45, 2.75) is 57.8 Å². The van der Waals surface area contributed by atoms with Crippen molar-refractivity contribution in [2.75, 3.05) is 13.1 Å². The fraction of sp³-hybridized carbons (Fsp3) is 0.800. The molecule has 0 bridgehead atoms. The Morgan fingerprint density at radius 3 is 3.00 bits per heavy atom. The summed E-state index contributed by atoms with van der Waals surface area (Å²) in [5.74, 6) is 0.836. The predicted molar refractivity (Wildman–Crippen MR) is 78.3 cm³/mol. The lowest BCUT2D eigenvalue weighted by atomic mass is 10.1. The Labute approximate surface area is 120 Å². The topological polar surface area (TPSA) is 25.4 Å². The van der Waals surface area contributed by atoms with Crippen molar-refractivity contribution >= 4 is 11.3 Å². The molecule has 1 saturated heterocycles. The molecular formula is C15H24N2OS. The molecule has 0 N–H and O–H groups in total. The van der Waals surface area contributed by atoms with E-state index in [2.05, 4.69) is 22.2 Å². The molecule has 1 aromatic rings. The van der Waals surface area contributed by atoms with Crippen LogP contribution in [0.2, 0.25) is 0 Å².